The zero-order valence-electron chi connectivity index (χ0n) is 11.6. The summed E-state index contributed by atoms with van der Waals surface area (Å²) in [6.45, 7) is 3.14. The molecule has 6 heteroatoms. The molecule has 0 atom stereocenters. The van der Waals surface area contributed by atoms with Crippen LogP contribution in [0.4, 0.5) is 14.9 Å². The van der Waals surface area contributed by atoms with Gasteiger partial charge in [-0.05, 0) is 53.4 Å². The molecule has 0 aliphatic carbocycles. The van der Waals surface area contributed by atoms with E-state index in [2.05, 4.69) is 21.2 Å². The van der Waals surface area contributed by atoms with Gasteiger partial charge in [0.2, 0.25) is 0 Å². The minimum Gasteiger partial charge on any atom is -0.381 e. The number of ether oxygens (including phenoxy) is 1. The number of urea groups is 1. The van der Waals surface area contributed by atoms with Crippen molar-refractivity contribution in [3.05, 3.63) is 28.0 Å². The first kappa shape index (κ1) is 15.3. The normalized spacial score (nSPS) is 16.3. The van der Waals surface area contributed by atoms with Crippen LogP contribution in [0.2, 0.25) is 0 Å². The summed E-state index contributed by atoms with van der Waals surface area (Å²) in [7, 11) is 1.69. The van der Waals surface area contributed by atoms with Crippen molar-refractivity contribution in [2.45, 2.75) is 25.9 Å². The average molecular weight is 345 g/mol. The lowest BCUT2D eigenvalue weighted by atomic mass is 10.1. The highest BCUT2D eigenvalue weighted by molar-refractivity contribution is 9.10. The Kier molecular flexibility index (Phi) is 4.99. The highest BCUT2D eigenvalue weighted by Gasteiger charge is 2.22. The number of rotatable bonds is 2. The number of carbonyl (C=O) groups excluding carboxylic acids is 1. The molecule has 0 saturated carbocycles. The summed E-state index contributed by atoms with van der Waals surface area (Å²) >= 11 is 3.13. The van der Waals surface area contributed by atoms with E-state index in [0.717, 1.165) is 18.4 Å². The summed E-state index contributed by atoms with van der Waals surface area (Å²) in [4.78, 5) is 13.9. The largest absolute Gasteiger partial charge is 0.381 e. The van der Waals surface area contributed by atoms with E-state index in [1.165, 1.54) is 6.07 Å². The van der Waals surface area contributed by atoms with E-state index < -0.39 is 0 Å². The van der Waals surface area contributed by atoms with Gasteiger partial charge in [0.25, 0.3) is 0 Å². The number of aryl methyl sites for hydroxylation is 1. The monoisotopic (exact) mass is 344 g/mol. The molecule has 1 saturated heterocycles. The van der Waals surface area contributed by atoms with Crippen molar-refractivity contribution in [2.24, 2.45) is 0 Å². The summed E-state index contributed by atoms with van der Waals surface area (Å²) in [6.07, 6.45) is 1.89. The van der Waals surface area contributed by atoms with E-state index in [9.17, 15) is 9.18 Å². The van der Waals surface area contributed by atoms with Gasteiger partial charge in [-0.15, -0.1) is 0 Å². The number of hydrogen-bond acceptors (Lipinski definition) is 2. The van der Waals surface area contributed by atoms with Gasteiger partial charge in [0.05, 0.1) is 10.6 Å². The Bertz CT molecular complexity index is 502. The molecule has 0 unspecified atom stereocenters. The van der Waals surface area contributed by atoms with Crippen LogP contribution in [0.3, 0.4) is 0 Å². The number of benzene rings is 1. The second-order valence-electron chi connectivity index (χ2n) is 4.93. The Morgan fingerprint density at radius 2 is 2.10 bits per heavy atom. The molecule has 20 heavy (non-hydrogen) atoms. The molecular weight excluding hydrogens is 327 g/mol. The molecule has 2 rings (SSSR count). The molecule has 110 valence electrons. The quantitative estimate of drug-likeness (QED) is 0.891. The highest BCUT2D eigenvalue weighted by atomic mass is 79.9. The lowest BCUT2D eigenvalue weighted by molar-refractivity contribution is 0.0521. The third-order valence-corrected chi connectivity index (χ3v) is 4.18. The zero-order valence-corrected chi connectivity index (χ0v) is 13.2. The highest BCUT2D eigenvalue weighted by Crippen LogP contribution is 2.24. The fraction of sp³-hybridized carbons (Fsp3) is 0.500. The van der Waals surface area contributed by atoms with Crippen molar-refractivity contribution < 1.29 is 13.9 Å². The summed E-state index contributed by atoms with van der Waals surface area (Å²) in [5.41, 5.74) is 1.32. The number of nitrogens with one attached hydrogen (secondary N) is 1. The van der Waals surface area contributed by atoms with Crippen LogP contribution in [-0.2, 0) is 4.74 Å². The van der Waals surface area contributed by atoms with Crippen LogP contribution in [0.25, 0.3) is 0 Å². The van der Waals surface area contributed by atoms with Crippen LogP contribution in [-0.4, -0.2) is 37.2 Å². The van der Waals surface area contributed by atoms with Crippen LogP contribution in [0.15, 0.2) is 16.6 Å². The minimum atomic E-state index is -0.385. The van der Waals surface area contributed by atoms with Gasteiger partial charge in [0.15, 0.2) is 0 Å². The van der Waals surface area contributed by atoms with Crippen molar-refractivity contribution in [1.29, 1.82) is 0 Å². The fourth-order valence-electron chi connectivity index (χ4n) is 2.27. The average Bonchev–Trinajstić information content (AvgIpc) is 2.44. The number of amides is 2. The molecule has 1 fully saturated rings. The van der Waals surface area contributed by atoms with Gasteiger partial charge in [-0.3, -0.25) is 0 Å². The molecule has 1 heterocycles. The third kappa shape index (κ3) is 3.49. The van der Waals surface area contributed by atoms with Crippen molar-refractivity contribution >= 4 is 27.6 Å². The van der Waals surface area contributed by atoms with Crippen molar-refractivity contribution in [3.63, 3.8) is 0 Å². The molecule has 0 spiro atoms. The van der Waals surface area contributed by atoms with E-state index >= 15 is 0 Å². The Balaban J connectivity index is 2.00. The molecule has 1 aliphatic rings. The Morgan fingerprint density at radius 3 is 2.70 bits per heavy atom. The van der Waals surface area contributed by atoms with Gasteiger partial charge in [0.1, 0.15) is 5.82 Å². The number of methoxy groups -OCH3 is 1. The Labute approximate surface area is 126 Å². The first-order valence-electron chi connectivity index (χ1n) is 6.55. The van der Waals surface area contributed by atoms with Crippen molar-refractivity contribution in [3.8, 4) is 0 Å². The van der Waals surface area contributed by atoms with Gasteiger partial charge in [-0.2, -0.15) is 0 Å². The van der Waals surface area contributed by atoms with Gasteiger partial charge >= 0.3 is 6.03 Å². The van der Waals surface area contributed by atoms with Crippen LogP contribution in [0.1, 0.15) is 18.4 Å². The van der Waals surface area contributed by atoms with Crippen LogP contribution < -0.4 is 5.32 Å². The van der Waals surface area contributed by atoms with E-state index in [-0.39, 0.29) is 18.0 Å². The molecule has 0 bridgehead atoms. The molecule has 0 aromatic heterocycles. The number of anilines is 1. The zero-order chi connectivity index (χ0) is 14.7. The van der Waals surface area contributed by atoms with Crippen LogP contribution in [0, 0.1) is 12.7 Å². The Hall–Kier alpha value is -1.14. The third-order valence-electron chi connectivity index (χ3n) is 3.57. The summed E-state index contributed by atoms with van der Waals surface area (Å²) in [5, 5.41) is 2.77. The van der Waals surface area contributed by atoms with Crippen LogP contribution in [0.5, 0.6) is 0 Å². The lowest BCUT2D eigenvalue weighted by Crippen LogP contribution is -2.42. The van der Waals surface area contributed by atoms with E-state index in [1.807, 2.05) is 6.92 Å². The predicted molar refractivity (Wildman–Crippen MR) is 79.5 cm³/mol. The predicted octanol–water partition coefficient (Wildman–Crippen LogP) is 3.54. The second kappa shape index (κ2) is 6.54. The number of piperidine rings is 1. The van der Waals surface area contributed by atoms with Gasteiger partial charge in [-0.1, -0.05) is 0 Å². The maximum Gasteiger partial charge on any atom is 0.321 e. The molecule has 4 nitrogen and oxygen atoms in total. The van der Waals surface area contributed by atoms with Gasteiger partial charge in [0, 0.05) is 25.9 Å². The maximum atomic E-state index is 13.5. The molecular formula is C14H18BrFN2O2. The van der Waals surface area contributed by atoms with Gasteiger partial charge < -0.3 is 15.0 Å². The first-order valence-corrected chi connectivity index (χ1v) is 7.35. The minimum absolute atomic E-state index is 0.190. The number of likely N-dealkylation sites (tertiary alicyclic amines) is 1. The van der Waals surface area contributed by atoms with Gasteiger partial charge in [-0.25, -0.2) is 9.18 Å². The number of hydrogen-bond donors (Lipinski definition) is 1. The first-order chi connectivity index (χ1) is 9.51. The van der Waals surface area contributed by atoms with Crippen molar-refractivity contribution in [1.82, 2.24) is 4.90 Å². The maximum absolute atomic E-state index is 13.5. The van der Waals surface area contributed by atoms with Crippen molar-refractivity contribution in [2.75, 3.05) is 25.5 Å². The SMILES string of the molecule is COC1CCN(C(=O)Nc2cc(F)c(Br)cc2C)CC1. The summed E-state index contributed by atoms with van der Waals surface area (Å²) in [5.74, 6) is -0.385. The number of carbonyl (C=O) groups is 1. The topological polar surface area (TPSA) is 41.6 Å². The Morgan fingerprint density at radius 1 is 1.45 bits per heavy atom. The fourth-order valence-corrected chi connectivity index (χ4v) is 2.73. The molecule has 1 aliphatic heterocycles. The number of halogens is 2. The van der Waals surface area contributed by atoms with E-state index in [0.29, 0.717) is 23.2 Å². The smallest absolute Gasteiger partial charge is 0.321 e. The van der Waals surface area contributed by atoms with Crippen LogP contribution >= 0.6 is 15.9 Å². The standard InChI is InChI=1S/C14H18BrFN2O2/c1-9-7-11(15)12(16)8-13(9)17-14(19)18-5-3-10(20-2)4-6-18/h7-8,10H,3-6H2,1-2H3,(H,17,19). The number of nitrogens with zero attached hydrogens (tertiary/aromatic N) is 1. The molecule has 2 amide bonds. The summed E-state index contributed by atoms with van der Waals surface area (Å²) in [6, 6.07) is 2.80. The summed E-state index contributed by atoms with van der Waals surface area (Å²) < 4.78 is 19.2. The molecule has 1 N–H and O–H groups in total. The second-order valence-corrected chi connectivity index (χ2v) is 5.79. The molecule has 1 aromatic carbocycles. The van der Waals surface area contributed by atoms with E-state index in [1.54, 1.807) is 18.1 Å². The van der Waals surface area contributed by atoms with E-state index in [4.69, 9.17) is 4.74 Å². The lowest BCUT2D eigenvalue weighted by Gasteiger charge is -2.31. The molecule has 0 radical (unpaired) electrons. The molecule has 1 aromatic rings.